The summed E-state index contributed by atoms with van der Waals surface area (Å²) in [6.45, 7) is 7.49. The second kappa shape index (κ2) is 11.6. The van der Waals surface area contributed by atoms with Crippen molar-refractivity contribution in [3.8, 4) is 11.1 Å². The fourth-order valence-corrected chi connectivity index (χ4v) is 3.09. The molecule has 0 spiro atoms. The number of rotatable bonds is 6. The summed E-state index contributed by atoms with van der Waals surface area (Å²) in [5.41, 5.74) is 8.92. The lowest BCUT2D eigenvalue weighted by Crippen LogP contribution is -2.36. The van der Waals surface area contributed by atoms with Crippen LogP contribution in [0.5, 0.6) is 0 Å². The lowest BCUT2D eigenvalue weighted by Gasteiger charge is -2.18. The first kappa shape index (κ1) is 26.0. The van der Waals surface area contributed by atoms with Gasteiger partial charge >= 0.3 is 0 Å². The molecule has 0 saturated heterocycles. The van der Waals surface area contributed by atoms with Gasteiger partial charge in [0.25, 0.3) is 16.0 Å². The van der Waals surface area contributed by atoms with Crippen molar-refractivity contribution in [1.82, 2.24) is 10.1 Å². The van der Waals surface area contributed by atoms with Crippen LogP contribution in [0.2, 0.25) is 0 Å². The van der Waals surface area contributed by atoms with E-state index in [1.165, 1.54) is 0 Å². The maximum atomic E-state index is 14.7. The summed E-state index contributed by atoms with van der Waals surface area (Å²) in [7, 11) is -3.67. The summed E-state index contributed by atoms with van der Waals surface area (Å²) in [5, 5.41) is 4.09. The number of guanidine groups is 1. The lowest BCUT2D eigenvalue weighted by molar-refractivity contribution is 0.415. The van der Waals surface area contributed by atoms with Gasteiger partial charge in [-0.1, -0.05) is 54.5 Å². The number of nitrogens with zero attached hydrogens (tertiary/aromatic N) is 3. The van der Waals surface area contributed by atoms with Crippen LogP contribution in [-0.2, 0) is 10.1 Å². The van der Waals surface area contributed by atoms with Crippen LogP contribution in [0, 0.1) is 5.82 Å². The number of nitrogens with two attached hydrogens (primary N) is 1. The third-order valence-electron chi connectivity index (χ3n) is 4.85. The maximum absolute atomic E-state index is 14.7. The van der Waals surface area contributed by atoms with E-state index in [4.69, 9.17) is 14.8 Å². The van der Waals surface area contributed by atoms with Crippen molar-refractivity contribution in [2.24, 2.45) is 10.7 Å². The molecule has 3 aromatic rings. The van der Waals surface area contributed by atoms with Crippen LogP contribution in [-0.4, -0.2) is 48.3 Å². The number of halogens is 1. The second-order valence-electron chi connectivity index (χ2n) is 7.29. The van der Waals surface area contributed by atoms with Crippen molar-refractivity contribution in [2.45, 2.75) is 26.7 Å². The Balaban J connectivity index is 0.000000696. The van der Waals surface area contributed by atoms with Gasteiger partial charge in [0.05, 0.1) is 11.9 Å². The molecule has 33 heavy (non-hydrogen) atoms. The van der Waals surface area contributed by atoms with Gasteiger partial charge in [-0.15, -0.1) is 0 Å². The maximum Gasteiger partial charge on any atom is 0.261 e. The van der Waals surface area contributed by atoms with Gasteiger partial charge in [0, 0.05) is 30.6 Å². The standard InChI is InChI=1S/C22H25FN4O.CH4O3S/c1-4-27(5-2)22(24)25-21-14-20(26-28-21)15(3)17-11-12-18(19(23)13-17)16-9-7-6-8-10-16;1-5(2,3)4/h6-15H,4-5H2,1-3H3,(H2,24,25);1H3,(H,2,3,4). The van der Waals surface area contributed by atoms with E-state index in [0.717, 1.165) is 24.2 Å². The van der Waals surface area contributed by atoms with Gasteiger partial charge in [0.15, 0.2) is 5.96 Å². The van der Waals surface area contributed by atoms with Crippen LogP contribution < -0.4 is 5.73 Å². The molecule has 8 nitrogen and oxygen atoms in total. The van der Waals surface area contributed by atoms with Crippen molar-refractivity contribution in [3.05, 3.63) is 71.7 Å². The van der Waals surface area contributed by atoms with Crippen molar-refractivity contribution in [1.29, 1.82) is 0 Å². The molecule has 10 heteroatoms. The fourth-order valence-electron chi connectivity index (χ4n) is 3.09. The molecule has 3 rings (SSSR count). The number of benzene rings is 2. The summed E-state index contributed by atoms with van der Waals surface area (Å²) < 4.78 is 45.8. The Morgan fingerprint density at radius 3 is 2.33 bits per heavy atom. The highest BCUT2D eigenvalue weighted by atomic mass is 32.2. The Morgan fingerprint density at radius 1 is 1.18 bits per heavy atom. The summed E-state index contributed by atoms with van der Waals surface area (Å²) >= 11 is 0. The minimum absolute atomic E-state index is 0.137. The number of hydrogen-bond donors (Lipinski definition) is 2. The van der Waals surface area contributed by atoms with Crippen molar-refractivity contribution in [3.63, 3.8) is 0 Å². The van der Waals surface area contributed by atoms with Crippen LogP contribution >= 0.6 is 0 Å². The third-order valence-corrected chi connectivity index (χ3v) is 4.85. The Hall–Kier alpha value is -3.24. The molecule has 0 aliphatic heterocycles. The summed E-state index contributed by atoms with van der Waals surface area (Å²) in [6.07, 6.45) is 0.715. The minimum Gasteiger partial charge on any atom is -0.369 e. The summed E-state index contributed by atoms with van der Waals surface area (Å²) in [6, 6.07) is 16.5. The molecule has 1 unspecified atom stereocenters. The molecule has 178 valence electrons. The van der Waals surface area contributed by atoms with E-state index in [1.807, 2.05) is 62.1 Å². The van der Waals surface area contributed by atoms with Crippen LogP contribution in [0.1, 0.15) is 37.9 Å². The normalized spacial score (nSPS) is 12.6. The minimum atomic E-state index is -3.67. The molecular weight excluding hydrogens is 447 g/mol. The van der Waals surface area contributed by atoms with Gasteiger partial charge in [-0.25, -0.2) is 4.39 Å². The predicted octanol–water partition coefficient (Wildman–Crippen LogP) is 4.42. The van der Waals surface area contributed by atoms with Gasteiger partial charge in [-0.2, -0.15) is 13.4 Å². The molecule has 2 aromatic carbocycles. The Bertz CT molecular complexity index is 1170. The molecule has 3 N–H and O–H groups in total. The molecule has 0 bridgehead atoms. The largest absolute Gasteiger partial charge is 0.369 e. The van der Waals surface area contributed by atoms with Crippen LogP contribution in [0.3, 0.4) is 0 Å². The highest BCUT2D eigenvalue weighted by Crippen LogP contribution is 2.30. The molecule has 0 amide bonds. The topological polar surface area (TPSA) is 122 Å². The van der Waals surface area contributed by atoms with Gasteiger partial charge in [-0.3, -0.25) is 4.55 Å². The van der Waals surface area contributed by atoms with Gasteiger partial charge < -0.3 is 15.2 Å². The Kier molecular flexibility index (Phi) is 9.12. The van der Waals surface area contributed by atoms with E-state index >= 15 is 0 Å². The molecular formula is C23H29FN4O4S. The van der Waals surface area contributed by atoms with E-state index in [1.54, 1.807) is 18.2 Å². The zero-order valence-corrected chi connectivity index (χ0v) is 19.9. The zero-order valence-electron chi connectivity index (χ0n) is 19.1. The number of hydrogen-bond acceptors (Lipinski definition) is 5. The number of aliphatic imine (C=N–C) groups is 1. The first-order valence-corrected chi connectivity index (χ1v) is 12.2. The summed E-state index contributed by atoms with van der Waals surface area (Å²) in [5.74, 6) is 0.330. The predicted molar refractivity (Wildman–Crippen MR) is 128 cm³/mol. The van der Waals surface area contributed by atoms with E-state index in [9.17, 15) is 12.8 Å². The second-order valence-corrected chi connectivity index (χ2v) is 8.76. The monoisotopic (exact) mass is 476 g/mol. The quantitative estimate of drug-likeness (QED) is 0.307. The molecule has 0 aliphatic rings. The third kappa shape index (κ3) is 7.99. The average molecular weight is 477 g/mol. The van der Waals surface area contributed by atoms with Crippen LogP contribution in [0.15, 0.2) is 64.1 Å². The molecule has 0 radical (unpaired) electrons. The van der Waals surface area contributed by atoms with Gasteiger partial charge in [0.1, 0.15) is 5.82 Å². The fraction of sp³-hybridized carbons (Fsp3) is 0.304. The highest BCUT2D eigenvalue weighted by Gasteiger charge is 2.17. The molecule has 1 heterocycles. The van der Waals surface area contributed by atoms with Gasteiger partial charge in [-0.05, 0) is 31.0 Å². The SMILES string of the molecule is CCN(CC)C(N)=Nc1cc(C(C)c2ccc(-c3ccccc3)c(F)c2)no1.CS(=O)(=O)O. The first-order chi connectivity index (χ1) is 15.5. The van der Waals surface area contributed by atoms with E-state index in [-0.39, 0.29) is 11.7 Å². The van der Waals surface area contributed by atoms with Crippen molar-refractivity contribution in [2.75, 3.05) is 19.3 Å². The molecule has 0 fully saturated rings. The highest BCUT2D eigenvalue weighted by molar-refractivity contribution is 7.85. The lowest BCUT2D eigenvalue weighted by atomic mass is 9.95. The number of aromatic nitrogens is 1. The van der Waals surface area contributed by atoms with E-state index < -0.39 is 10.1 Å². The Morgan fingerprint density at radius 2 is 1.79 bits per heavy atom. The molecule has 1 aromatic heterocycles. The molecule has 0 aliphatic carbocycles. The van der Waals surface area contributed by atoms with Crippen molar-refractivity contribution >= 4 is 22.0 Å². The van der Waals surface area contributed by atoms with E-state index in [0.29, 0.717) is 29.4 Å². The van der Waals surface area contributed by atoms with Crippen LogP contribution in [0.4, 0.5) is 10.3 Å². The molecule has 1 atom stereocenters. The first-order valence-electron chi connectivity index (χ1n) is 10.4. The summed E-state index contributed by atoms with van der Waals surface area (Å²) in [4.78, 5) is 6.21. The van der Waals surface area contributed by atoms with Crippen molar-refractivity contribution < 1.29 is 21.9 Å². The molecule has 0 saturated carbocycles. The van der Waals surface area contributed by atoms with Crippen LogP contribution in [0.25, 0.3) is 11.1 Å². The average Bonchev–Trinajstić information content (AvgIpc) is 3.22. The van der Waals surface area contributed by atoms with E-state index in [2.05, 4.69) is 10.1 Å². The zero-order chi connectivity index (χ0) is 24.6. The smallest absolute Gasteiger partial charge is 0.261 e. The Labute approximate surface area is 193 Å². The van der Waals surface area contributed by atoms with Gasteiger partial charge in [0.2, 0.25) is 0 Å².